The molecule has 1 aromatic heterocycles. The molecular formula is C10H12N4OS. The van der Waals surface area contributed by atoms with Crippen molar-refractivity contribution in [2.24, 2.45) is 7.05 Å². The Labute approximate surface area is 97.6 Å². The van der Waals surface area contributed by atoms with Gasteiger partial charge in [-0.1, -0.05) is 0 Å². The van der Waals surface area contributed by atoms with E-state index in [4.69, 9.17) is 10.5 Å². The van der Waals surface area contributed by atoms with E-state index in [1.165, 1.54) is 11.8 Å². The van der Waals surface area contributed by atoms with Crippen LogP contribution in [0.1, 0.15) is 0 Å². The van der Waals surface area contributed by atoms with E-state index in [0.717, 1.165) is 15.8 Å². The monoisotopic (exact) mass is 236 g/mol. The van der Waals surface area contributed by atoms with Crippen molar-refractivity contribution < 1.29 is 4.74 Å². The zero-order valence-electron chi connectivity index (χ0n) is 9.04. The lowest BCUT2D eigenvalue weighted by molar-refractivity contribution is 0.414. The summed E-state index contributed by atoms with van der Waals surface area (Å²) in [6, 6.07) is 5.53. The molecule has 0 unspecified atom stereocenters. The van der Waals surface area contributed by atoms with Gasteiger partial charge in [-0.15, -0.1) is 10.2 Å². The molecule has 0 radical (unpaired) electrons. The summed E-state index contributed by atoms with van der Waals surface area (Å²) in [5, 5.41) is 8.59. The Bertz CT molecular complexity index is 497. The number of hydrogen-bond acceptors (Lipinski definition) is 5. The fourth-order valence-corrected chi connectivity index (χ4v) is 2.03. The highest BCUT2D eigenvalue weighted by molar-refractivity contribution is 7.99. The fourth-order valence-electron chi connectivity index (χ4n) is 1.19. The lowest BCUT2D eigenvalue weighted by Crippen LogP contribution is -1.93. The van der Waals surface area contributed by atoms with Crippen LogP contribution in [0.4, 0.5) is 5.69 Å². The molecule has 0 aliphatic rings. The van der Waals surface area contributed by atoms with E-state index in [0.29, 0.717) is 5.69 Å². The van der Waals surface area contributed by atoms with Crippen LogP contribution in [-0.4, -0.2) is 21.9 Å². The molecule has 5 nitrogen and oxygen atoms in total. The van der Waals surface area contributed by atoms with Crippen LogP contribution < -0.4 is 10.5 Å². The fraction of sp³-hybridized carbons (Fsp3) is 0.200. The average Bonchev–Trinajstić information content (AvgIpc) is 2.68. The standard InChI is InChI=1S/C10H12N4OS/c1-14-6-12-13-10(14)16-9-5-7(15-2)3-4-8(9)11/h3-6H,11H2,1-2H3. The van der Waals surface area contributed by atoms with E-state index in [-0.39, 0.29) is 0 Å². The third-order valence-electron chi connectivity index (χ3n) is 2.09. The minimum absolute atomic E-state index is 0.703. The normalized spacial score (nSPS) is 10.4. The molecule has 6 heteroatoms. The Balaban J connectivity index is 2.30. The first-order chi connectivity index (χ1) is 7.70. The van der Waals surface area contributed by atoms with E-state index in [9.17, 15) is 0 Å². The zero-order valence-corrected chi connectivity index (χ0v) is 9.86. The van der Waals surface area contributed by atoms with Crippen LogP contribution in [-0.2, 0) is 7.05 Å². The maximum atomic E-state index is 5.88. The summed E-state index contributed by atoms with van der Waals surface area (Å²) < 4.78 is 6.98. The Morgan fingerprint density at radius 1 is 1.44 bits per heavy atom. The summed E-state index contributed by atoms with van der Waals surface area (Å²) in [6.07, 6.45) is 1.65. The average molecular weight is 236 g/mol. The van der Waals surface area contributed by atoms with Gasteiger partial charge in [0.2, 0.25) is 0 Å². The number of hydrogen-bond donors (Lipinski definition) is 1. The van der Waals surface area contributed by atoms with Crippen LogP contribution in [0.5, 0.6) is 5.75 Å². The minimum atomic E-state index is 0.703. The third kappa shape index (κ3) is 2.11. The smallest absolute Gasteiger partial charge is 0.195 e. The summed E-state index contributed by atoms with van der Waals surface area (Å²) in [6.45, 7) is 0. The van der Waals surface area contributed by atoms with Gasteiger partial charge in [-0.05, 0) is 30.0 Å². The predicted molar refractivity (Wildman–Crippen MR) is 62.5 cm³/mol. The number of benzene rings is 1. The van der Waals surface area contributed by atoms with Crippen molar-refractivity contribution in [1.82, 2.24) is 14.8 Å². The van der Waals surface area contributed by atoms with Crippen LogP contribution in [0.3, 0.4) is 0 Å². The number of methoxy groups -OCH3 is 1. The van der Waals surface area contributed by atoms with Crippen molar-refractivity contribution in [1.29, 1.82) is 0 Å². The van der Waals surface area contributed by atoms with E-state index < -0.39 is 0 Å². The van der Waals surface area contributed by atoms with E-state index >= 15 is 0 Å². The second-order valence-electron chi connectivity index (χ2n) is 3.23. The predicted octanol–water partition coefficient (Wildman–Crippen LogP) is 1.56. The topological polar surface area (TPSA) is 66.0 Å². The van der Waals surface area contributed by atoms with Crippen molar-refractivity contribution in [2.75, 3.05) is 12.8 Å². The van der Waals surface area contributed by atoms with E-state index in [1.54, 1.807) is 13.4 Å². The van der Waals surface area contributed by atoms with Crippen molar-refractivity contribution >= 4 is 17.4 Å². The van der Waals surface area contributed by atoms with Crippen molar-refractivity contribution in [2.45, 2.75) is 10.1 Å². The van der Waals surface area contributed by atoms with Gasteiger partial charge in [-0.25, -0.2) is 0 Å². The molecule has 0 spiro atoms. The lowest BCUT2D eigenvalue weighted by atomic mass is 10.3. The van der Waals surface area contributed by atoms with Crippen molar-refractivity contribution in [3.8, 4) is 5.75 Å². The number of nitrogen functional groups attached to an aromatic ring is 1. The van der Waals surface area contributed by atoms with Crippen LogP contribution in [0.25, 0.3) is 0 Å². The molecule has 0 bridgehead atoms. The molecule has 2 aromatic rings. The molecule has 0 saturated heterocycles. The number of rotatable bonds is 3. The van der Waals surface area contributed by atoms with Gasteiger partial charge in [0, 0.05) is 17.6 Å². The molecular weight excluding hydrogens is 224 g/mol. The Morgan fingerprint density at radius 3 is 2.88 bits per heavy atom. The largest absolute Gasteiger partial charge is 0.497 e. The number of aryl methyl sites for hydroxylation is 1. The van der Waals surface area contributed by atoms with Gasteiger partial charge in [-0.3, -0.25) is 0 Å². The molecule has 0 aliphatic heterocycles. The molecule has 16 heavy (non-hydrogen) atoms. The molecule has 0 fully saturated rings. The van der Waals surface area contributed by atoms with Crippen molar-refractivity contribution in [3.05, 3.63) is 24.5 Å². The number of aromatic nitrogens is 3. The lowest BCUT2D eigenvalue weighted by Gasteiger charge is -2.06. The van der Waals surface area contributed by atoms with Gasteiger partial charge in [0.05, 0.1) is 7.11 Å². The number of nitrogens with zero attached hydrogens (tertiary/aromatic N) is 3. The molecule has 0 aliphatic carbocycles. The van der Waals surface area contributed by atoms with Gasteiger partial charge in [0.1, 0.15) is 12.1 Å². The molecule has 0 saturated carbocycles. The maximum absolute atomic E-state index is 5.88. The van der Waals surface area contributed by atoms with Crippen LogP contribution in [0.15, 0.2) is 34.6 Å². The quantitative estimate of drug-likeness (QED) is 0.819. The third-order valence-corrected chi connectivity index (χ3v) is 3.22. The molecule has 2 N–H and O–H groups in total. The second kappa shape index (κ2) is 4.44. The maximum Gasteiger partial charge on any atom is 0.195 e. The SMILES string of the molecule is COc1ccc(N)c(Sc2nncn2C)c1. The van der Waals surface area contributed by atoms with Gasteiger partial charge in [0.15, 0.2) is 5.16 Å². The number of nitrogens with two attached hydrogens (primary N) is 1. The van der Waals surface area contributed by atoms with Gasteiger partial charge >= 0.3 is 0 Å². The summed E-state index contributed by atoms with van der Waals surface area (Å²) in [4.78, 5) is 0.912. The minimum Gasteiger partial charge on any atom is -0.497 e. The molecule has 1 heterocycles. The summed E-state index contributed by atoms with van der Waals surface area (Å²) in [5.74, 6) is 0.777. The Hall–Kier alpha value is -1.69. The molecule has 84 valence electrons. The number of ether oxygens (including phenoxy) is 1. The molecule has 0 amide bonds. The highest BCUT2D eigenvalue weighted by Crippen LogP contribution is 2.33. The molecule has 1 aromatic carbocycles. The van der Waals surface area contributed by atoms with Gasteiger partial charge in [-0.2, -0.15) is 0 Å². The summed E-state index contributed by atoms with van der Waals surface area (Å²) in [7, 11) is 3.51. The first kappa shape index (κ1) is 10.8. The molecule has 2 rings (SSSR count). The highest BCUT2D eigenvalue weighted by atomic mass is 32.2. The van der Waals surface area contributed by atoms with Gasteiger partial charge < -0.3 is 15.0 Å². The van der Waals surface area contributed by atoms with E-state index in [1.807, 2.05) is 29.8 Å². The first-order valence-corrected chi connectivity index (χ1v) is 5.47. The first-order valence-electron chi connectivity index (χ1n) is 4.66. The summed E-state index contributed by atoms with van der Waals surface area (Å²) >= 11 is 1.46. The second-order valence-corrected chi connectivity index (χ2v) is 4.24. The van der Waals surface area contributed by atoms with Crippen molar-refractivity contribution in [3.63, 3.8) is 0 Å². The number of anilines is 1. The zero-order chi connectivity index (χ0) is 11.5. The summed E-state index contributed by atoms with van der Waals surface area (Å²) in [5.41, 5.74) is 6.58. The Kier molecular flexibility index (Phi) is 3.00. The van der Waals surface area contributed by atoms with Gasteiger partial charge in [0.25, 0.3) is 0 Å². The Morgan fingerprint density at radius 2 is 2.25 bits per heavy atom. The molecule has 0 atom stereocenters. The van der Waals surface area contributed by atoms with E-state index in [2.05, 4.69) is 10.2 Å². The van der Waals surface area contributed by atoms with Crippen LogP contribution in [0, 0.1) is 0 Å². The van der Waals surface area contributed by atoms with Crippen LogP contribution in [0.2, 0.25) is 0 Å². The van der Waals surface area contributed by atoms with Crippen LogP contribution >= 0.6 is 11.8 Å². The highest BCUT2D eigenvalue weighted by Gasteiger charge is 2.07.